The van der Waals surface area contributed by atoms with Crippen molar-refractivity contribution in [3.8, 4) is 6.07 Å². The van der Waals surface area contributed by atoms with E-state index in [1.54, 1.807) is 34.1 Å². The van der Waals surface area contributed by atoms with Gasteiger partial charge in [-0.1, -0.05) is 30.1 Å². The number of carbonyl (C=O) groups excluding carboxylic acids is 2. The first-order valence-corrected chi connectivity index (χ1v) is 14.8. The van der Waals surface area contributed by atoms with Crippen molar-refractivity contribution < 1.29 is 14.1 Å². The molecule has 3 aliphatic rings. The molecule has 3 aromatic heterocycles. The average Bonchev–Trinajstić information content (AvgIpc) is 3.84. The Morgan fingerprint density at radius 3 is 2.72 bits per heavy atom. The highest BCUT2D eigenvalue weighted by Crippen LogP contribution is 2.48. The normalized spacial score (nSPS) is 20.3. The number of carbonyl (C=O) groups is 2. The maximum atomic E-state index is 13.6. The zero-order valence-corrected chi connectivity index (χ0v) is 24.0. The first-order chi connectivity index (χ1) is 20.9. The van der Waals surface area contributed by atoms with Crippen molar-refractivity contribution in [2.45, 2.75) is 57.0 Å². The van der Waals surface area contributed by atoms with Crippen LogP contribution in [0.3, 0.4) is 0 Å². The third kappa shape index (κ3) is 4.98. The van der Waals surface area contributed by atoms with Crippen molar-refractivity contribution in [1.82, 2.24) is 39.5 Å². The molecule has 1 aliphatic carbocycles. The highest BCUT2D eigenvalue weighted by atomic mass is 16.5. The molecule has 0 N–H and O–H groups in total. The number of amides is 2. The Balaban J connectivity index is 1.07. The van der Waals surface area contributed by atoms with E-state index in [4.69, 9.17) is 19.9 Å². The first kappa shape index (κ1) is 27.1. The number of nitrogens with zero attached hydrogens (tertiary/aromatic N) is 9. The highest BCUT2D eigenvalue weighted by molar-refractivity contribution is 5.94. The van der Waals surface area contributed by atoms with E-state index in [-0.39, 0.29) is 23.3 Å². The molecule has 0 radical (unpaired) electrons. The van der Waals surface area contributed by atoms with Gasteiger partial charge < -0.3 is 14.3 Å². The lowest BCUT2D eigenvalue weighted by atomic mass is 9.71. The van der Waals surface area contributed by atoms with Crippen molar-refractivity contribution in [3.63, 3.8) is 0 Å². The molecule has 12 nitrogen and oxygen atoms in total. The third-order valence-electron chi connectivity index (χ3n) is 9.35. The SMILES string of the molecule is CC(c1nc(C2CN(C(=O)c3cnn(Cc4ccc(C#N)cc4)c3)CC23CN(C=O)C3)no1)n1ccc(C2CCCC2)n1. The number of likely N-dealkylation sites (tertiary alicyclic amines) is 2. The molecule has 12 heteroatoms. The summed E-state index contributed by atoms with van der Waals surface area (Å²) in [5, 5.41) is 22.6. The largest absolute Gasteiger partial charge is 0.344 e. The zero-order chi connectivity index (χ0) is 29.6. The summed E-state index contributed by atoms with van der Waals surface area (Å²) in [7, 11) is 0. The molecule has 2 saturated heterocycles. The smallest absolute Gasteiger partial charge is 0.257 e. The predicted molar refractivity (Wildman–Crippen MR) is 153 cm³/mol. The summed E-state index contributed by atoms with van der Waals surface area (Å²) >= 11 is 0. The van der Waals surface area contributed by atoms with Gasteiger partial charge in [-0.05, 0) is 43.5 Å². The molecule has 1 spiro atoms. The monoisotopic (exact) mass is 579 g/mol. The van der Waals surface area contributed by atoms with Gasteiger partial charge in [-0.3, -0.25) is 19.0 Å². The Morgan fingerprint density at radius 1 is 1.19 bits per heavy atom. The van der Waals surface area contributed by atoms with E-state index in [1.165, 1.54) is 25.7 Å². The van der Waals surface area contributed by atoms with E-state index in [1.807, 2.05) is 34.8 Å². The van der Waals surface area contributed by atoms with Gasteiger partial charge in [-0.2, -0.15) is 20.4 Å². The minimum atomic E-state index is -0.333. The summed E-state index contributed by atoms with van der Waals surface area (Å²) in [5.41, 5.74) is 2.86. The topological polar surface area (TPSA) is 139 Å². The van der Waals surface area contributed by atoms with Gasteiger partial charge >= 0.3 is 0 Å². The van der Waals surface area contributed by atoms with Crippen molar-refractivity contribution in [3.05, 3.63) is 83.0 Å². The standard InChI is InChI=1S/C31H33N9O3/c1-21(40-11-10-27(35-40)24-4-2-3-5-24)29-34-28(36-43-29)26-16-38(19-31(26)17-37(18-31)20-41)30(42)25-13-33-39(15-25)14-23-8-6-22(12-32)7-9-23/h6-11,13,15,20-21,24,26H,2-5,14,16-19H2,1H3. The van der Waals surface area contributed by atoms with Crippen LogP contribution < -0.4 is 0 Å². The second kappa shape index (κ2) is 10.8. The molecular formula is C31H33N9O3. The van der Waals surface area contributed by atoms with Crippen LogP contribution in [-0.2, 0) is 11.3 Å². The molecule has 2 unspecified atom stereocenters. The molecular weight excluding hydrogens is 546 g/mol. The second-order valence-electron chi connectivity index (χ2n) is 12.2. The van der Waals surface area contributed by atoms with Crippen LogP contribution >= 0.6 is 0 Å². The fourth-order valence-electron chi connectivity index (χ4n) is 6.93. The lowest BCUT2D eigenvalue weighted by Gasteiger charge is -2.48. The van der Waals surface area contributed by atoms with E-state index in [0.717, 1.165) is 17.7 Å². The third-order valence-corrected chi connectivity index (χ3v) is 9.35. The fraction of sp³-hybridized carbons (Fsp3) is 0.452. The maximum absolute atomic E-state index is 13.6. The minimum Gasteiger partial charge on any atom is -0.344 e. The minimum absolute atomic E-state index is 0.120. The van der Waals surface area contributed by atoms with Gasteiger partial charge in [0.1, 0.15) is 6.04 Å². The summed E-state index contributed by atoms with van der Waals surface area (Å²) in [6, 6.07) is 11.3. The Morgan fingerprint density at radius 2 is 1.98 bits per heavy atom. The van der Waals surface area contributed by atoms with Crippen LogP contribution in [0, 0.1) is 16.7 Å². The molecule has 2 atom stereocenters. The Labute approximate surface area is 248 Å². The van der Waals surface area contributed by atoms with Gasteiger partial charge in [0.05, 0.1) is 41.5 Å². The highest BCUT2D eigenvalue weighted by Gasteiger charge is 2.57. The second-order valence-corrected chi connectivity index (χ2v) is 12.2. The molecule has 3 fully saturated rings. The lowest BCUT2D eigenvalue weighted by Crippen LogP contribution is -2.59. The molecule has 220 valence electrons. The quantitative estimate of drug-likeness (QED) is 0.290. The van der Waals surface area contributed by atoms with Gasteiger partial charge in [0.2, 0.25) is 6.41 Å². The molecule has 4 aromatic rings. The molecule has 1 saturated carbocycles. The molecule has 2 aliphatic heterocycles. The molecule has 7 rings (SSSR count). The van der Waals surface area contributed by atoms with Gasteiger partial charge in [-0.25, -0.2) is 0 Å². The van der Waals surface area contributed by atoms with Crippen molar-refractivity contribution >= 4 is 12.3 Å². The Bertz CT molecular complexity index is 1670. The summed E-state index contributed by atoms with van der Waals surface area (Å²) < 4.78 is 9.36. The summed E-state index contributed by atoms with van der Waals surface area (Å²) in [6.45, 7) is 4.47. The van der Waals surface area contributed by atoms with Crippen LogP contribution in [0.2, 0.25) is 0 Å². The van der Waals surface area contributed by atoms with Gasteiger partial charge in [0, 0.05) is 49.9 Å². The Kier molecular flexibility index (Phi) is 6.80. The van der Waals surface area contributed by atoms with Crippen molar-refractivity contribution in [2.75, 3.05) is 26.2 Å². The van der Waals surface area contributed by atoms with E-state index >= 15 is 0 Å². The average molecular weight is 580 g/mol. The number of benzene rings is 1. The summed E-state index contributed by atoms with van der Waals surface area (Å²) in [6.07, 6.45) is 11.0. The number of hydrogen-bond acceptors (Lipinski definition) is 8. The molecule has 5 heterocycles. The van der Waals surface area contributed by atoms with Crippen molar-refractivity contribution in [1.29, 1.82) is 5.26 Å². The van der Waals surface area contributed by atoms with Crippen LogP contribution in [-0.4, -0.2) is 78.0 Å². The molecule has 43 heavy (non-hydrogen) atoms. The van der Waals surface area contributed by atoms with Crippen LogP contribution in [0.5, 0.6) is 0 Å². The predicted octanol–water partition coefficient (Wildman–Crippen LogP) is 3.35. The number of aromatic nitrogens is 6. The van der Waals surface area contributed by atoms with Crippen molar-refractivity contribution in [2.24, 2.45) is 5.41 Å². The van der Waals surface area contributed by atoms with E-state index in [2.05, 4.69) is 22.4 Å². The van der Waals surface area contributed by atoms with E-state index < -0.39 is 0 Å². The zero-order valence-electron chi connectivity index (χ0n) is 24.0. The fourth-order valence-corrected chi connectivity index (χ4v) is 6.93. The van der Waals surface area contributed by atoms with E-state index in [0.29, 0.717) is 61.5 Å². The van der Waals surface area contributed by atoms with E-state index in [9.17, 15) is 9.59 Å². The van der Waals surface area contributed by atoms with Crippen LogP contribution in [0.15, 0.2) is 53.4 Å². The van der Waals surface area contributed by atoms with Crippen LogP contribution in [0.1, 0.15) is 89.4 Å². The maximum Gasteiger partial charge on any atom is 0.257 e. The summed E-state index contributed by atoms with van der Waals surface area (Å²) in [4.78, 5) is 33.5. The Hall–Kier alpha value is -4.79. The lowest BCUT2D eigenvalue weighted by molar-refractivity contribution is -0.129. The van der Waals surface area contributed by atoms with Crippen LogP contribution in [0.25, 0.3) is 0 Å². The molecule has 0 bridgehead atoms. The first-order valence-electron chi connectivity index (χ1n) is 14.8. The number of rotatable bonds is 8. The number of hydrogen-bond donors (Lipinski definition) is 0. The summed E-state index contributed by atoms with van der Waals surface area (Å²) in [5.74, 6) is 1.27. The van der Waals surface area contributed by atoms with Gasteiger partial charge in [-0.15, -0.1) is 0 Å². The van der Waals surface area contributed by atoms with Gasteiger partial charge in [0.15, 0.2) is 5.82 Å². The van der Waals surface area contributed by atoms with Gasteiger partial charge in [0.25, 0.3) is 11.8 Å². The molecule has 2 amide bonds. The number of nitriles is 1. The molecule has 1 aromatic carbocycles. The van der Waals surface area contributed by atoms with Crippen LogP contribution in [0.4, 0.5) is 0 Å².